The molecule has 3 aromatic carbocycles. The summed E-state index contributed by atoms with van der Waals surface area (Å²) in [4.78, 5) is 1.77. The van der Waals surface area contributed by atoms with Gasteiger partial charge in [0.05, 0.1) is 29.9 Å². The van der Waals surface area contributed by atoms with E-state index in [2.05, 4.69) is 0 Å². The molecular weight excluding hydrogens is 567 g/mol. The summed E-state index contributed by atoms with van der Waals surface area (Å²) in [6.45, 7) is 1.40. The molecule has 2 aliphatic heterocycles. The molecule has 224 valence electrons. The van der Waals surface area contributed by atoms with Gasteiger partial charge in [-0.1, -0.05) is 36.4 Å². The van der Waals surface area contributed by atoms with Gasteiger partial charge in [-0.05, 0) is 77.6 Å². The molecule has 0 radical (unpaired) electrons. The van der Waals surface area contributed by atoms with Gasteiger partial charge in [0.25, 0.3) is 0 Å². The van der Waals surface area contributed by atoms with Crippen molar-refractivity contribution in [2.45, 2.75) is 62.7 Å². The van der Waals surface area contributed by atoms with E-state index in [0.717, 1.165) is 11.1 Å². The number of ether oxygens (including phenoxy) is 1. The Hall–Kier alpha value is -3.25. The standard InChI is InChI=1S/C31H28F7NO3/c1-17(21-10-23(30(33,34)35)14-24(11-21)31(36,37)38)42-27-15-39-26(29(27)20-6-8-25(32)9-7-20)12-22(13-28(39)41)19-4-2-18(16-40)3-5-19/h2-11,13-14,17,26-29,40-41H,12,15-16H2,1H3/t17-,26+,27+,28?,29?/m1/s1. The van der Waals surface area contributed by atoms with Gasteiger partial charge in [-0.25, -0.2) is 4.39 Å². The van der Waals surface area contributed by atoms with E-state index >= 15 is 0 Å². The van der Waals surface area contributed by atoms with Crippen molar-refractivity contribution in [1.29, 1.82) is 0 Å². The summed E-state index contributed by atoms with van der Waals surface area (Å²) in [7, 11) is 0. The predicted octanol–water partition coefficient (Wildman–Crippen LogP) is 7.08. The summed E-state index contributed by atoms with van der Waals surface area (Å²) in [6.07, 6.45) is -10.8. The number of nitrogens with zero attached hydrogens (tertiary/aromatic N) is 1. The molecular formula is C31H28F7NO3. The lowest BCUT2D eigenvalue weighted by Gasteiger charge is -2.36. The highest BCUT2D eigenvalue weighted by atomic mass is 19.4. The van der Waals surface area contributed by atoms with Gasteiger partial charge < -0.3 is 14.9 Å². The van der Waals surface area contributed by atoms with Crippen molar-refractivity contribution in [3.63, 3.8) is 0 Å². The molecule has 0 amide bonds. The molecule has 42 heavy (non-hydrogen) atoms. The van der Waals surface area contributed by atoms with E-state index in [1.54, 1.807) is 35.2 Å². The van der Waals surface area contributed by atoms with E-state index in [1.807, 2.05) is 12.1 Å². The Labute approximate surface area is 237 Å². The van der Waals surface area contributed by atoms with Gasteiger partial charge in [-0.3, -0.25) is 4.90 Å². The van der Waals surface area contributed by atoms with Crippen LogP contribution in [0.3, 0.4) is 0 Å². The Morgan fingerprint density at radius 1 is 0.905 bits per heavy atom. The van der Waals surface area contributed by atoms with E-state index in [0.29, 0.717) is 29.7 Å². The van der Waals surface area contributed by atoms with Crippen molar-refractivity contribution in [3.05, 3.63) is 112 Å². The van der Waals surface area contributed by atoms with E-state index in [-0.39, 0.29) is 30.8 Å². The first-order valence-corrected chi connectivity index (χ1v) is 13.3. The van der Waals surface area contributed by atoms with Crippen LogP contribution in [-0.2, 0) is 23.7 Å². The Kier molecular flexibility index (Phi) is 8.23. The fraction of sp³-hybridized carbons (Fsp3) is 0.355. The third kappa shape index (κ3) is 6.24. The minimum absolute atomic E-state index is 0.0734. The quantitative estimate of drug-likeness (QED) is 0.299. The average molecular weight is 596 g/mol. The van der Waals surface area contributed by atoms with Gasteiger partial charge in [0.1, 0.15) is 12.0 Å². The fourth-order valence-electron chi connectivity index (χ4n) is 5.87. The van der Waals surface area contributed by atoms with Gasteiger partial charge in [-0.15, -0.1) is 0 Å². The summed E-state index contributed by atoms with van der Waals surface area (Å²) in [5, 5.41) is 20.4. The predicted molar refractivity (Wildman–Crippen MR) is 140 cm³/mol. The number of hydrogen-bond donors (Lipinski definition) is 2. The molecule has 4 nitrogen and oxygen atoms in total. The minimum atomic E-state index is -5.00. The van der Waals surface area contributed by atoms with Gasteiger partial charge in [-0.2, -0.15) is 26.3 Å². The zero-order chi connectivity index (χ0) is 30.4. The molecule has 1 fully saturated rings. The lowest BCUT2D eigenvalue weighted by atomic mass is 9.83. The van der Waals surface area contributed by atoms with Crippen LogP contribution >= 0.6 is 0 Å². The van der Waals surface area contributed by atoms with Crippen LogP contribution in [-0.4, -0.2) is 40.0 Å². The molecule has 11 heteroatoms. The summed E-state index contributed by atoms with van der Waals surface area (Å²) >= 11 is 0. The first-order valence-electron chi connectivity index (χ1n) is 13.3. The molecule has 0 saturated carbocycles. The highest BCUT2D eigenvalue weighted by molar-refractivity contribution is 5.68. The molecule has 5 rings (SSSR count). The van der Waals surface area contributed by atoms with Crippen molar-refractivity contribution in [3.8, 4) is 0 Å². The number of rotatable bonds is 6. The van der Waals surface area contributed by atoms with Crippen molar-refractivity contribution < 1.29 is 45.7 Å². The van der Waals surface area contributed by atoms with E-state index in [9.17, 15) is 40.9 Å². The van der Waals surface area contributed by atoms with Crippen LogP contribution < -0.4 is 0 Å². The van der Waals surface area contributed by atoms with Crippen LogP contribution in [0.15, 0.2) is 72.8 Å². The molecule has 0 aromatic heterocycles. The van der Waals surface area contributed by atoms with Crippen LogP contribution in [0.5, 0.6) is 0 Å². The number of fused-ring (bicyclic) bond motifs is 1. The van der Waals surface area contributed by atoms with Crippen molar-refractivity contribution in [2.24, 2.45) is 0 Å². The second kappa shape index (κ2) is 11.4. The van der Waals surface area contributed by atoms with Gasteiger partial charge in [0.2, 0.25) is 0 Å². The number of aliphatic hydroxyl groups excluding tert-OH is 2. The third-order valence-electron chi connectivity index (χ3n) is 7.97. The molecule has 2 heterocycles. The van der Waals surface area contributed by atoms with E-state index in [4.69, 9.17) is 4.74 Å². The highest BCUT2D eigenvalue weighted by Crippen LogP contribution is 2.46. The third-order valence-corrected chi connectivity index (χ3v) is 7.97. The molecule has 5 atom stereocenters. The average Bonchev–Trinajstić information content (AvgIpc) is 3.30. The zero-order valence-electron chi connectivity index (χ0n) is 22.3. The van der Waals surface area contributed by atoms with Crippen LogP contribution in [0.2, 0.25) is 0 Å². The van der Waals surface area contributed by atoms with Crippen LogP contribution in [0.25, 0.3) is 5.57 Å². The van der Waals surface area contributed by atoms with Gasteiger partial charge >= 0.3 is 12.4 Å². The van der Waals surface area contributed by atoms with Gasteiger partial charge in [0.15, 0.2) is 0 Å². The number of benzene rings is 3. The summed E-state index contributed by atoms with van der Waals surface area (Å²) in [6, 6.07) is 13.9. The normalized spacial score (nSPS) is 23.9. The Morgan fingerprint density at radius 2 is 1.50 bits per heavy atom. The number of halogens is 7. The summed E-state index contributed by atoms with van der Waals surface area (Å²) in [5.41, 5.74) is -0.134. The maximum Gasteiger partial charge on any atom is 0.416 e. The number of hydrogen-bond acceptors (Lipinski definition) is 4. The molecule has 2 unspecified atom stereocenters. The first-order chi connectivity index (χ1) is 19.7. The monoisotopic (exact) mass is 595 g/mol. The van der Waals surface area contributed by atoms with Crippen molar-refractivity contribution in [1.82, 2.24) is 4.90 Å². The highest BCUT2D eigenvalue weighted by Gasteiger charge is 2.48. The molecule has 3 aromatic rings. The largest absolute Gasteiger partial charge is 0.416 e. The molecule has 0 bridgehead atoms. The number of alkyl halides is 6. The summed E-state index contributed by atoms with van der Waals surface area (Å²) < 4.78 is 101. The van der Waals surface area contributed by atoms with Crippen molar-refractivity contribution in [2.75, 3.05) is 6.54 Å². The molecule has 2 aliphatic rings. The molecule has 0 aliphatic carbocycles. The smallest absolute Gasteiger partial charge is 0.392 e. The van der Waals surface area contributed by atoms with Crippen LogP contribution in [0, 0.1) is 5.82 Å². The zero-order valence-corrected chi connectivity index (χ0v) is 22.3. The first kappa shape index (κ1) is 30.2. The molecule has 1 saturated heterocycles. The van der Waals surface area contributed by atoms with E-state index < -0.39 is 53.7 Å². The molecule has 0 spiro atoms. The maximum absolute atomic E-state index is 13.8. The second-order valence-electron chi connectivity index (χ2n) is 10.7. The SMILES string of the molecule is C[C@@H](O[C@H]1CN2C(O)C=C(c3ccc(CO)cc3)C[C@H]2C1c1ccc(F)cc1)c1cc(C(F)(F)F)cc(C(F)(F)F)c1. The van der Waals surface area contributed by atoms with Gasteiger partial charge in [0, 0.05) is 18.5 Å². The second-order valence-corrected chi connectivity index (χ2v) is 10.7. The fourth-order valence-corrected chi connectivity index (χ4v) is 5.87. The Morgan fingerprint density at radius 3 is 2.05 bits per heavy atom. The summed E-state index contributed by atoms with van der Waals surface area (Å²) in [5.74, 6) is -0.965. The Balaban J connectivity index is 1.48. The molecule has 2 N–H and O–H groups in total. The van der Waals surface area contributed by atoms with E-state index in [1.165, 1.54) is 19.1 Å². The Bertz CT molecular complexity index is 1400. The number of aliphatic hydroxyl groups is 2. The maximum atomic E-state index is 13.8. The topological polar surface area (TPSA) is 52.9 Å². The lowest BCUT2D eigenvalue weighted by molar-refractivity contribution is -0.143. The lowest BCUT2D eigenvalue weighted by Crippen LogP contribution is -2.42. The minimum Gasteiger partial charge on any atom is -0.392 e. The van der Waals surface area contributed by atoms with Crippen molar-refractivity contribution >= 4 is 5.57 Å². The van der Waals surface area contributed by atoms with Crippen LogP contribution in [0.1, 0.15) is 58.7 Å². The van der Waals surface area contributed by atoms with Crippen LogP contribution in [0.4, 0.5) is 30.7 Å².